The average molecular weight is 195 g/mol. The highest BCUT2D eigenvalue weighted by Crippen LogP contribution is 2.49. The van der Waals surface area contributed by atoms with Crippen LogP contribution in [-0.4, -0.2) is 19.3 Å². The van der Waals surface area contributed by atoms with Gasteiger partial charge >= 0.3 is 6.18 Å². The van der Waals surface area contributed by atoms with Crippen LogP contribution >= 0.6 is 0 Å². The third-order valence-electron chi connectivity index (χ3n) is 2.94. The monoisotopic (exact) mass is 195 g/mol. The molecule has 0 heterocycles. The summed E-state index contributed by atoms with van der Waals surface area (Å²) in [6, 6.07) is 0.0223. The van der Waals surface area contributed by atoms with Crippen molar-refractivity contribution >= 4 is 0 Å². The van der Waals surface area contributed by atoms with Gasteiger partial charge < -0.3 is 5.32 Å². The molecular formula is C9H16F3N. The van der Waals surface area contributed by atoms with Crippen molar-refractivity contribution in [3.8, 4) is 0 Å². The summed E-state index contributed by atoms with van der Waals surface area (Å²) in [7, 11) is 1.74. The molecule has 1 N–H and O–H groups in total. The van der Waals surface area contributed by atoms with Crippen molar-refractivity contribution in [2.45, 2.75) is 44.8 Å². The van der Waals surface area contributed by atoms with Crippen LogP contribution in [0.15, 0.2) is 0 Å². The molecule has 0 amide bonds. The predicted octanol–water partition coefficient (Wildman–Crippen LogP) is 2.72. The Morgan fingerprint density at radius 3 is 2.23 bits per heavy atom. The maximum absolute atomic E-state index is 11.9. The Morgan fingerprint density at radius 1 is 1.38 bits per heavy atom. The standard InChI is InChI=1S/C9H16F3N/c1-8(5-6-8)7(13-2)3-4-9(10,11)12/h7,13H,3-6H2,1-2H3. The molecule has 1 aliphatic carbocycles. The molecule has 0 aromatic rings. The van der Waals surface area contributed by atoms with Crippen LogP contribution in [0.2, 0.25) is 0 Å². The van der Waals surface area contributed by atoms with Crippen LogP contribution in [0.25, 0.3) is 0 Å². The maximum atomic E-state index is 11.9. The highest BCUT2D eigenvalue weighted by Gasteiger charge is 2.45. The van der Waals surface area contributed by atoms with E-state index >= 15 is 0 Å². The van der Waals surface area contributed by atoms with Crippen LogP contribution in [0.4, 0.5) is 13.2 Å². The van der Waals surface area contributed by atoms with E-state index in [1.54, 1.807) is 7.05 Å². The zero-order chi connectivity index (χ0) is 10.1. The lowest BCUT2D eigenvalue weighted by molar-refractivity contribution is -0.137. The summed E-state index contributed by atoms with van der Waals surface area (Å²) in [6.45, 7) is 2.05. The van der Waals surface area contributed by atoms with Gasteiger partial charge in [-0.2, -0.15) is 13.2 Å². The Balaban J connectivity index is 2.33. The van der Waals surface area contributed by atoms with Crippen LogP contribution in [-0.2, 0) is 0 Å². The molecule has 0 aromatic carbocycles. The zero-order valence-electron chi connectivity index (χ0n) is 8.04. The summed E-state index contributed by atoms with van der Waals surface area (Å²) in [4.78, 5) is 0. The minimum absolute atomic E-state index is 0.0223. The number of alkyl halides is 3. The first-order valence-corrected chi connectivity index (χ1v) is 4.61. The van der Waals surface area contributed by atoms with Gasteiger partial charge in [-0.3, -0.25) is 0 Å². The SMILES string of the molecule is CNC(CCC(F)(F)F)C1(C)CC1. The molecule has 1 rings (SSSR count). The molecule has 78 valence electrons. The maximum Gasteiger partial charge on any atom is 0.389 e. The normalized spacial score (nSPS) is 22.8. The number of hydrogen-bond acceptors (Lipinski definition) is 1. The largest absolute Gasteiger partial charge is 0.389 e. The molecule has 1 saturated carbocycles. The van der Waals surface area contributed by atoms with Crippen LogP contribution in [0.3, 0.4) is 0 Å². The van der Waals surface area contributed by atoms with Gasteiger partial charge in [0, 0.05) is 12.5 Å². The molecule has 1 atom stereocenters. The molecule has 0 saturated heterocycles. The van der Waals surface area contributed by atoms with Crippen LogP contribution in [0, 0.1) is 5.41 Å². The quantitative estimate of drug-likeness (QED) is 0.727. The topological polar surface area (TPSA) is 12.0 Å². The van der Waals surface area contributed by atoms with Crippen LogP contribution in [0.1, 0.15) is 32.6 Å². The number of hydrogen-bond donors (Lipinski definition) is 1. The summed E-state index contributed by atoms with van der Waals surface area (Å²) in [5.41, 5.74) is 0.125. The molecule has 1 unspecified atom stereocenters. The highest BCUT2D eigenvalue weighted by atomic mass is 19.4. The third-order valence-corrected chi connectivity index (χ3v) is 2.94. The summed E-state index contributed by atoms with van der Waals surface area (Å²) in [6.07, 6.45) is -2.38. The number of nitrogens with one attached hydrogen (secondary N) is 1. The highest BCUT2D eigenvalue weighted by molar-refractivity contribution is 4.98. The smallest absolute Gasteiger partial charge is 0.316 e. The fourth-order valence-electron chi connectivity index (χ4n) is 1.69. The fraction of sp³-hybridized carbons (Fsp3) is 1.00. The fourth-order valence-corrected chi connectivity index (χ4v) is 1.69. The van der Waals surface area contributed by atoms with Gasteiger partial charge in [0.15, 0.2) is 0 Å². The van der Waals surface area contributed by atoms with E-state index in [0.29, 0.717) is 0 Å². The Labute approximate surface area is 76.7 Å². The van der Waals surface area contributed by atoms with Gasteiger partial charge in [-0.05, 0) is 31.7 Å². The molecule has 0 radical (unpaired) electrons. The van der Waals surface area contributed by atoms with E-state index in [0.717, 1.165) is 12.8 Å². The van der Waals surface area contributed by atoms with E-state index in [9.17, 15) is 13.2 Å². The first kappa shape index (κ1) is 10.8. The average Bonchev–Trinajstić information content (AvgIpc) is 2.67. The van der Waals surface area contributed by atoms with Crippen molar-refractivity contribution in [1.29, 1.82) is 0 Å². The Bertz CT molecular complexity index is 172. The Hall–Kier alpha value is -0.250. The number of rotatable bonds is 4. The molecular weight excluding hydrogens is 179 g/mol. The Morgan fingerprint density at radius 2 is 1.92 bits per heavy atom. The summed E-state index contributed by atoms with van der Waals surface area (Å²) in [5.74, 6) is 0. The van der Waals surface area contributed by atoms with E-state index in [4.69, 9.17) is 0 Å². The van der Waals surface area contributed by atoms with Gasteiger partial charge in [0.1, 0.15) is 0 Å². The van der Waals surface area contributed by atoms with Crippen molar-refractivity contribution in [2.75, 3.05) is 7.05 Å². The summed E-state index contributed by atoms with van der Waals surface area (Å²) >= 11 is 0. The zero-order valence-corrected chi connectivity index (χ0v) is 8.04. The summed E-state index contributed by atoms with van der Waals surface area (Å²) < 4.78 is 35.8. The van der Waals surface area contributed by atoms with Gasteiger partial charge in [0.25, 0.3) is 0 Å². The third kappa shape index (κ3) is 3.18. The van der Waals surface area contributed by atoms with Crippen molar-refractivity contribution in [3.05, 3.63) is 0 Å². The minimum atomic E-state index is -4.01. The molecule has 1 nitrogen and oxygen atoms in total. The van der Waals surface area contributed by atoms with Crippen LogP contribution < -0.4 is 5.32 Å². The first-order chi connectivity index (χ1) is 5.87. The van der Waals surface area contributed by atoms with Crippen molar-refractivity contribution in [1.82, 2.24) is 5.32 Å². The second-order valence-corrected chi connectivity index (χ2v) is 4.15. The van der Waals surface area contributed by atoms with Gasteiger partial charge in [-0.1, -0.05) is 6.92 Å². The van der Waals surface area contributed by atoms with E-state index in [1.807, 2.05) is 6.92 Å². The molecule has 0 spiro atoms. The van der Waals surface area contributed by atoms with Crippen molar-refractivity contribution < 1.29 is 13.2 Å². The lowest BCUT2D eigenvalue weighted by atomic mass is 9.94. The Kier molecular flexibility index (Phi) is 2.90. The minimum Gasteiger partial charge on any atom is -0.316 e. The molecule has 0 aromatic heterocycles. The van der Waals surface area contributed by atoms with E-state index in [2.05, 4.69) is 5.32 Å². The van der Waals surface area contributed by atoms with Gasteiger partial charge in [0.2, 0.25) is 0 Å². The van der Waals surface area contributed by atoms with Crippen molar-refractivity contribution in [2.24, 2.45) is 5.41 Å². The molecule has 0 bridgehead atoms. The van der Waals surface area contributed by atoms with E-state index in [1.165, 1.54) is 0 Å². The summed E-state index contributed by atoms with van der Waals surface area (Å²) in [5, 5.41) is 2.98. The molecule has 4 heteroatoms. The second-order valence-electron chi connectivity index (χ2n) is 4.15. The van der Waals surface area contributed by atoms with Crippen LogP contribution in [0.5, 0.6) is 0 Å². The van der Waals surface area contributed by atoms with Gasteiger partial charge in [-0.15, -0.1) is 0 Å². The number of halogens is 3. The predicted molar refractivity (Wildman–Crippen MR) is 45.5 cm³/mol. The first-order valence-electron chi connectivity index (χ1n) is 4.61. The molecule has 1 fully saturated rings. The molecule has 0 aliphatic heterocycles. The molecule has 1 aliphatic rings. The van der Waals surface area contributed by atoms with E-state index in [-0.39, 0.29) is 17.9 Å². The van der Waals surface area contributed by atoms with Crippen molar-refractivity contribution in [3.63, 3.8) is 0 Å². The van der Waals surface area contributed by atoms with Gasteiger partial charge in [0.05, 0.1) is 0 Å². The van der Waals surface area contributed by atoms with Gasteiger partial charge in [-0.25, -0.2) is 0 Å². The second kappa shape index (κ2) is 3.48. The van der Waals surface area contributed by atoms with E-state index < -0.39 is 12.6 Å². The molecule has 13 heavy (non-hydrogen) atoms. The lowest BCUT2D eigenvalue weighted by Gasteiger charge is -2.23. The lowest BCUT2D eigenvalue weighted by Crippen LogP contribution is -2.34.